The van der Waals surface area contributed by atoms with Gasteiger partial charge in [-0.3, -0.25) is 0 Å². The van der Waals surface area contributed by atoms with Crippen LogP contribution in [-0.4, -0.2) is 31.1 Å². The Labute approximate surface area is 169 Å². The Balaban J connectivity index is 1.43. The molecule has 6 nitrogen and oxygen atoms in total. The predicted molar refractivity (Wildman–Crippen MR) is 110 cm³/mol. The van der Waals surface area contributed by atoms with Gasteiger partial charge in [-0.05, 0) is 30.7 Å². The quantitative estimate of drug-likeness (QED) is 0.444. The highest BCUT2D eigenvalue weighted by atomic mass is 19.1. The summed E-state index contributed by atoms with van der Waals surface area (Å²) >= 11 is 0. The molecular formula is C22H23FN6. The van der Waals surface area contributed by atoms with Gasteiger partial charge in [-0.15, -0.1) is 0 Å². The molecule has 0 bridgehead atoms. The lowest BCUT2D eigenvalue weighted by atomic mass is 10.1. The van der Waals surface area contributed by atoms with E-state index in [9.17, 15) is 4.39 Å². The standard InChI is InChI=1S/C22H23FN6/c23-20-9-7-18(8-10-20)16-29-26-21(22(27-29)19-5-2-1-3-6-19)15-24-11-4-13-28-14-12-25-17-28/h1-3,5-10,12,14,17,24H,4,11,13,15-16H2. The summed E-state index contributed by atoms with van der Waals surface area (Å²) in [4.78, 5) is 5.74. The van der Waals surface area contributed by atoms with Crippen molar-refractivity contribution in [3.05, 3.63) is 90.4 Å². The van der Waals surface area contributed by atoms with Gasteiger partial charge in [0, 0.05) is 31.0 Å². The molecule has 0 saturated carbocycles. The van der Waals surface area contributed by atoms with Crippen LogP contribution in [0.25, 0.3) is 11.3 Å². The normalized spacial score (nSPS) is 11.1. The van der Waals surface area contributed by atoms with Crippen molar-refractivity contribution in [2.45, 2.75) is 26.1 Å². The van der Waals surface area contributed by atoms with E-state index < -0.39 is 0 Å². The van der Waals surface area contributed by atoms with Crippen LogP contribution in [0.2, 0.25) is 0 Å². The Morgan fingerprint density at radius 3 is 2.55 bits per heavy atom. The van der Waals surface area contributed by atoms with Gasteiger partial charge in [0.1, 0.15) is 17.2 Å². The number of hydrogen-bond donors (Lipinski definition) is 1. The molecule has 0 atom stereocenters. The van der Waals surface area contributed by atoms with E-state index in [1.807, 2.05) is 42.9 Å². The molecule has 2 aromatic carbocycles. The van der Waals surface area contributed by atoms with Crippen molar-refractivity contribution in [2.24, 2.45) is 0 Å². The Morgan fingerprint density at radius 2 is 1.79 bits per heavy atom. The van der Waals surface area contributed by atoms with Crippen LogP contribution in [0.4, 0.5) is 4.39 Å². The van der Waals surface area contributed by atoms with Crippen molar-refractivity contribution < 1.29 is 4.39 Å². The van der Waals surface area contributed by atoms with Crippen LogP contribution in [0.5, 0.6) is 0 Å². The topological polar surface area (TPSA) is 60.6 Å². The average Bonchev–Trinajstić information content (AvgIpc) is 3.40. The average molecular weight is 390 g/mol. The summed E-state index contributed by atoms with van der Waals surface area (Å²) in [7, 11) is 0. The predicted octanol–water partition coefficient (Wildman–Crippen LogP) is 3.51. The van der Waals surface area contributed by atoms with Gasteiger partial charge in [0.25, 0.3) is 0 Å². The van der Waals surface area contributed by atoms with Crippen molar-refractivity contribution >= 4 is 0 Å². The van der Waals surface area contributed by atoms with Gasteiger partial charge in [-0.25, -0.2) is 9.37 Å². The van der Waals surface area contributed by atoms with Gasteiger partial charge < -0.3 is 9.88 Å². The molecule has 0 aliphatic carbocycles. The molecule has 2 heterocycles. The Kier molecular flexibility index (Phi) is 6.07. The van der Waals surface area contributed by atoms with Crippen molar-refractivity contribution in [1.29, 1.82) is 0 Å². The highest BCUT2D eigenvalue weighted by Gasteiger charge is 2.13. The molecule has 1 N–H and O–H groups in total. The molecule has 0 amide bonds. The van der Waals surface area contributed by atoms with Gasteiger partial charge in [0.15, 0.2) is 0 Å². The fraction of sp³-hybridized carbons (Fsp3) is 0.227. The number of nitrogens with zero attached hydrogens (tertiary/aromatic N) is 5. The number of imidazole rings is 1. The highest BCUT2D eigenvalue weighted by Crippen LogP contribution is 2.20. The second-order valence-electron chi connectivity index (χ2n) is 6.85. The lowest BCUT2D eigenvalue weighted by Crippen LogP contribution is -2.17. The first-order valence-electron chi connectivity index (χ1n) is 9.68. The van der Waals surface area contributed by atoms with Crippen molar-refractivity contribution in [3.8, 4) is 11.3 Å². The monoisotopic (exact) mass is 390 g/mol. The summed E-state index contributed by atoms with van der Waals surface area (Å²) in [6, 6.07) is 16.5. The number of halogens is 1. The summed E-state index contributed by atoms with van der Waals surface area (Å²) < 4.78 is 15.2. The van der Waals surface area contributed by atoms with E-state index in [4.69, 9.17) is 5.10 Å². The minimum Gasteiger partial charge on any atom is -0.337 e. The number of rotatable bonds is 9. The van der Waals surface area contributed by atoms with Crippen LogP contribution in [0.15, 0.2) is 73.3 Å². The van der Waals surface area contributed by atoms with Gasteiger partial charge in [0.2, 0.25) is 0 Å². The molecule has 0 aliphatic heterocycles. The third kappa shape index (κ3) is 5.14. The molecule has 2 aromatic heterocycles. The number of nitrogens with one attached hydrogen (secondary N) is 1. The van der Waals surface area contributed by atoms with Crippen LogP contribution in [0, 0.1) is 5.82 Å². The van der Waals surface area contributed by atoms with Crippen molar-refractivity contribution in [2.75, 3.05) is 6.54 Å². The van der Waals surface area contributed by atoms with Crippen LogP contribution in [-0.2, 0) is 19.6 Å². The zero-order chi connectivity index (χ0) is 19.9. The summed E-state index contributed by atoms with van der Waals surface area (Å²) in [5, 5.41) is 12.8. The van der Waals surface area contributed by atoms with Crippen LogP contribution in [0.1, 0.15) is 17.7 Å². The molecule has 4 aromatic rings. The Bertz CT molecular complexity index is 1010. The van der Waals surface area contributed by atoms with Crippen molar-refractivity contribution in [1.82, 2.24) is 29.9 Å². The van der Waals surface area contributed by atoms with Gasteiger partial charge in [-0.1, -0.05) is 42.5 Å². The maximum absolute atomic E-state index is 13.2. The Morgan fingerprint density at radius 1 is 0.966 bits per heavy atom. The van der Waals surface area contributed by atoms with Gasteiger partial charge in [0.05, 0.1) is 12.9 Å². The summed E-state index contributed by atoms with van der Waals surface area (Å²) in [5.41, 5.74) is 3.77. The van der Waals surface area contributed by atoms with Crippen molar-refractivity contribution in [3.63, 3.8) is 0 Å². The van der Waals surface area contributed by atoms with E-state index in [0.29, 0.717) is 13.1 Å². The Hall–Kier alpha value is -3.32. The zero-order valence-corrected chi connectivity index (χ0v) is 16.1. The summed E-state index contributed by atoms with van der Waals surface area (Å²) in [6.45, 7) is 2.94. The lowest BCUT2D eigenvalue weighted by molar-refractivity contribution is 0.558. The maximum atomic E-state index is 13.2. The molecule has 0 saturated heterocycles. The third-order valence-corrected chi connectivity index (χ3v) is 4.63. The van der Waals surface area contributed by atoms with Gasteiger partial charge >= 0.3 is 0 Å². The second kappa shape index (κ2) is 9.25. The molecule has 0 unspecified atom stereocenters. The molecule has 0 aliphatic rings. The minimum absolute atomic E-state index is 0.243. The first kappa shape index (κ1) is 19.0. The van der Waals surface area contributed by atoms with E-state index in [1.165, 1.54) is 12.1 Å². The maximum Gasteiger partial charge on any atom is 0.123 e. The zero-order valence-electron chi connectivity index (χ0n) is 16.1. The fourth-order valence-corrected chi connectivity index (χ4v) is 3.16. The number of hydrogen-bond acceptors (Lipinski definition) is 4. The summed E-state index contributed by atoms with van der Waals surface area (Å²) in [6.07, 6.45) is 6.59. The fourth-order valence-electron chi connectivity index (χ4n) is 3.16. The SMILES string of the molecule is Fc1ccc(Cn2nc(CNCCCn3ccnc3)c(-c3ccccc3)n2)cc1. The third-order valence-electron chi connectivity index (χ3n) is 4.63. The first-order chi connectivity index (χ1) is 14.3. The molecular weight excluding hydrogens is 367 g/mol. The van der Waals surface area contributed by atoms with E-state index in [2.05, 4.69) is 20.0 Å². The van der Waals surface area contributed by atoms with E-state index in [1.54, 1.807) is 23.1 Å². The molecule has 148 valence electrons. The molecule has 7 heteroatoms. The second-order valence-corrected chi connectivity index (χ2v) is 6.85. The molecule has 4 rings (SSSR count). The first-order valence-corrected chi connectivity index (χ1v) is 9.68. The van der Waals surface area contributed by atoms with Gasteiger partial charge in [-0.2, -0.15) is 15.0 Å². The molecule has 0 spiro atoms. The molecule has 29 heavy (non-hydrogen) atoms. The van der Waals surface area contributed by atoms with Crippen LogP contribution in [0.3, 0.4) is 0 Å². The molecule has 0 fully saturated rings. The van der Waals surface area contributed by atoms with E-state index in [-0.39, 0.29) is 5.82 Å². The number of aromatic nitrogens is 5. The smallest absolute Gasteiger partial charge is 0.123 e. The largest absolute Gasteiger partial charge is 0.337 e. The number of benzene rings is 2. The lowest BCUT2D eigenvalue weighted by Gasteiger charge is -2.05. The van der Waals surface area contributed by atoms with Crippen LogP contribution < -0.4 is 5.32 Å². The van der Waals surface area contributed by atoms with E-state index in [0.717, 1.165) is 42.0 Å². The minimum atomic E-state index is -0.243. The van der Waals surface area contributed by atoms with Crippen LogP contribution >= 0.6 is 0 Å². The molecule has 0 radical (unpaired) electrons. The summed E-state index contributed by atoms with van der Waals surface area (Å²) in [5.74, 6) is -0.243. The highest BCUT2D eigenvalue weighted by molar-refractivity contribution is 5.60. The van der Waals surface area contributed by atoms with E-state index >= 15 is 0 Å². The number of aryl methyl sites for hydroxylation is 1.